The van der Waals surface area contributed by atoms with Crippen LogP contribution in [0.5, 0.6) is 5.88 Å². The van der Waals surface area contributed by atoms with Crippen LogP contribution >= 0.6 is 0 Å². The quantitative estimate of drug-likeness (QED) is 0.335. The van der Waals surface area contributed by atoms with E-state index in [0.29, 0.717) is 18.4 Å². The second-order valence-electron chi connectivity index (χ2n) is 9.57. The molecule has 3 aromatic heterocycles. The van der Waals surface area contributed by atoms with Gasteiger partial charge in [0.2, 0.25) is 11.8 Å². The number of hydrogen-bond acceptors (Lipinski definition) is 6. The molecule has 6 rings (SSSR count). The second kappa shape index (κ2) is 8.38. The second-order valence-corrected chi connectivity index (χ2v) is 9.57. The van der Waals surface area contributed by atoms with Crippen molar-refractivity contribution in [1.29, 1.82) is 0 Å². The Bertz CT molecular complexity index is 1620. The highest BCUT2D eigenvalue weighted by molar-refractivity contribution is 6.09. The number of aromatic hydroxyl groups is 1. The van der Waals surface area contributed by atoms with E-state index in [-0.39, 0.29) is 40.2 Å². The zero-order chi connectivity index (χ0) is 27.7. The first-order valence-corrected chi connectivity index (χ1v) is 11.9. The van der Waals surface area contributed by atoms with Gasteiger partial charge in [-0.2, -0.15) is 26.9 Å². The number of carbonyl (C=O) groups is 1. The molecule has 1 atom stereocenters. The Morgan fingerprint density at radius 2 is 1.79 bits per heavy atom. The first-order chi connectivity index (χ1) is 18.4. The highest BCUT2D eigenvalue weighted by atomic mass is 19.4. The fourth-order valence-electron chi connectivity index (χ4n) is 5.16. The molecule has 1 saturated carbocycles. The average Bonchev–Trinajstić information content (AvgIpc) is 3.52. The van der Waals surface area contributed by atoms with Gasteiger partial charge in [-0.05, 0) is 42.9 Å². The molecule has 1 amide bonds. The number of alkyl halides is 5. The van der Waals surface area contributed by atoms with Crippen LogP contribution in [0.4, 0.5) is 32.2 Å². The number of imidazole rings is 1. The summed E-state index contributed by atoms with van der Waals surface area (Å²) >= 11 is 0. The van der Waals surface area contributed by atoms with Crippen molar-refractivity contribution in [2.24, 2.45) is 5.92 Å². The number of nitrogens with zero attached hydrogens (tertiary/aromatic N) is 5. The number of halogens is 6. The van der Waals surface area contributed by atoms with Crippen molar-refractivity contribution in [3.05, 3.63) is 65.5 Å². The highest BCUT2D eigenvalue weighted by Gasteiger charge is 2.60. The molecule has 4 aromatic rings. The van der Waals surface area contributed by atoms with Gasteiger partial charge >= 0.3 is 12.1 Å². The lowest BCUT2D eigenvalue weighted by Crippen LogP contribution is -2.38. The van der Waals surface area contributed by atoms with Crippen molar-refractivity contribution in [2.75, 3.05) is 5.32 Å². The standard InChI is InChI=1S/C25H18F6N6O2/c26-14-5-3-13(4-6-14)24(12-1-2-12)17-19(36-22(24)39)34-18(35-21(17)38)16-11-37-10-9-32-20(37)15(33-16)7-8-23(27,28)25(29,30)31/h3-6,9-12H,1-2,7-8H2,(H2,34,35,36,38,39). The van der Waals surface area contributed by atoms with Gasteiger partial charge in [0.1, 0.15) is 22.7 Å². The Balaban J connectivity index is 1.43. The predicted octanol–water partition coefficient (Wildman–Crippen LogP) is 4.81. The van der Waals surface area contributed by atoms with E-state index in [1.165, 1.54) is 47.3 Å². The maximum Gasteiger partial charge on any atom is 0.453 e. The van der Waals surface area contributed by atoms with Crippen molar-refractivity contribution in [3.63, 3.8) is 0 Å². The number of nitrogens with one attached hydrogen (secondary N) is 1. The van der Waals surface area contributed by atoms with Crippen molar-refractivity contribution in [1.82, 2.24) is 24.3 Å². The topological polar surface area (TPSA) is 105 Å². The van der Waals surface area contributed by atoms with Crippen molar-refractivity contribution >= 4 is 17.4 Å². The van der Waals surface area contributed by atoms with Gasteiger partial charge in [-0.25, -0.2) is 19.3 Å². The first-order valence-electron chi connectivity index (χ1n) is 11.9. The Morgan fingerprint density at radius 3 is 2.46 bits per heavy atom. The number of carbonyl (C=O) groups excluding carboxylic acids is 1. The Kier molecular flexibility index (Phi) is 5.39. The molecule has 1 unspecified atom stereocenters. The molecule has 0 saturated heterocycles. The minimum atomic E-state index is -5.72. The van der Waals surface area contributed by atoms with Crippen LogP contribution in [0.15, 0.2) is 42.9 Å². The molecular formula is C25H18F6N6O2. The zero-order valence-corrected chi connectivity index (χ0v) is 19.8. The number of rotatable bonds is 6. The summed E-state index contributed by atoms with van der Waals surface area (Å²) in [5, 5.41) is 13.7. The molecule has 0 spiro atoms. The number of anilines is 1. The van der Waals surface area contributed by atoms with Gasteiger partial charge < -0.3 is 14.8 Å². The fraction of sp³-hybridized carbons (Fsp3) is 0.320. The monoisotopic (exact) mass is 548 g/mol. The minimum Gasteiger partial charge on any atom is -0.493 e. The number of benzene rings is 1. The van der Waals surface area contributed by atoms with E-state index in [1.54, 1.807) is 0 Å². The molecule has 14 heteroatoms. The molecule has 2 aliphatic rings. The van der Waals surface area contributed by atoms with Gasteiger partial charge in [0.25, 0.3) is 0 Å². The van der Waals surface area contributed by atoms with Crippen LogP contribution in [0, 0.1) is 11.7 Å². The molecule has 202 valence electrons. The molecular weight excluding hydrogens is 530 g/mol. The summed E-state index contributed by atoms with van der Waals surface area (Å²) in [7, 11) is 0. The lowest BCUT2D eigenvalue weighted by molar-refractivity contribution is -0.284. The third-order valence-corrected chi connectivity index (χ3v) is 7.13. The van der Waals surface area contributed by atoms with E-state index < -0.39 is 48.0 Å². The maximum absolute atomic E-state index is 13.6. The van der Waals surface area contributed by atoms with Gasteiger partial charge in [0.05, 0.1) is 11.3 Å². The van der Waals surface area contributed by atoms with Gasteiger partial charge in [-0.15, -0.1) is 0 Å². The first kappa shape index (κ1) is 25.1. The summed E-state index contributed by atoms with van der Waals surface area (Å²) < 4.78 is 80.4. The third kappa shape index (κ3) is 3.88. The number of fused-ring (bicyclic) bond motifs is 2. The summed E-state index contributed by atoms with van der Waals surface area (Å²) in [6, 6.07) is 5.36. The summed E-state index contributed by atoms with van der Waals surface area (Å²) in [5.74, 6) is -6.83. The van der Waals surface area contributed by atoms with Crippen molar-refractivity contribution in [2.45, 2.75) is 43.2 Å². The van der Waals surface area contributed by atoms with Gasteiger partial charge in [-0.1, -0.05) is 12.1 Å². The molecule has 2 N–H and O–H groups in total. The van der Waals surface area contributed by atoms with E-state index >= 15 is 0 Å². The van der Waals surface area contributed by atoms with Crippen molar-refractivity contribution < 1.29 is 36.2 Å². The van der Waals surface area contributed by atoms with Crippen LogP contribution < -0.4 is 5.32 Å². The molecule has 0 radical (unpaired) electrons. The smallest absolute Gasteiger partial charge is 0.453 e. The molecule has 0 bridgehead atoms. The van der Waals surface area contributed by atoms with Gasteiger partial charge in [0, 0.05) is 25.0 Å². The number of amides is 1. The fourth-order valence-corrected chi connectivity index (χ4v) is 5.16. The van der Waals surface area contributed by atoms with Gasteiger partial charge in [-0.3, -0.25) is 4.79 Å². The van der Waals surface area contributed by atoms with E-state index in [1.807, 2.05) is 0 Å². The lowest BCUT2D eigenvalue weighted by atomic mass is 9.72. The van der Waals surface area contributed by atoms with E-state index in [2.05, 4.69) is 25.3 Å². The average molecular weight is 548 g/mol. The van der Waals surface area contributed by atoms with Crippen LogP contribution in [0.3, 0.4) is 0 Å². The van der Waals surface area contributed by atoms with E-state index in [9.17, 15) is 36.2 Å². The van der Waals surface area contributed by atoms with E-state index in [0.717, 1.165) is 0 Å². The van der Waals surface area contributed by atoms with Crippen LogP contribution in [0.1, 0.15) is 36.1 Å². The molecule has 1 aliphatic carbocycles. The van der Waals surface area contributed by atoms with Gasteiger partial charge in [0.15, 0.2) is 11.5 Å². The maximum atomic E-state index is 13.6. The Morgan fingerprint density at radius 1 is 1.08 bits per heavy atom. The van der Waals surface area contributed by atoms with Crippen LogP contribution in [-0.2, 0) is 16.6 Å². The summed E-state index contributed by atoms with van der Waals surface area (Å²) in [4.78, 5) is 30.1. The number of hydrogen-bond donors (Lipinski definition) is 2. The molecule has 1 fully saturated rings. The number of aryl methyl sites for hydroxylation is 1. The van der Waals surface area contributed by atoms with Crippen LogP contribution in [0.25, 0.3) is 17.2 Å². The summed E-state index contributed by atoms with van der Waals surface area (Å²) in [5.41, 5.74) is -0.905. The third-order valence-electron chi connectivity index (χ3n) is 7.13. The zero-order valence-electron chi connectivity index (χ0n) is 19.8. The molecule has 39 heavy (non-hydrogen) atoms. The predicted molar refractivity (Wildman–Crippen MR) is 124 cm³/mol. The summed E-state index contributed by atoms with van der Waals surface area (Å²) in [6.45, 7) is 0. The molecule has 1 aliphatic heterocycles. The highest BCUT2D eigenvalue weighted by Crippen LogP contribution is 2.58. The van der Waals surface area contributed by atoms with Crippen LogP contribution in [-0.4, -0.2) is 47.4 Å². The normalized spacial score (nSPS) is 19.4. The Labute approximate surface area is 215 Å². The molecule has 8 nitrogen and oxygen atoms in total. The lowest BCUT2D eigenvalue weighted by Gasteiger charge is -2.28. The van der Waals surface area contributed by atoms with E-state index in [4.69, 9.17) is 0 Å². The van der Waals surface area contributed by atoms with Crippen LogP contribution in [0.2, 0.25) is 0 Å². The SMILES string of the molecule is O=C1Nc2nc(-c3cn4ccnc4c(CCC(F)(F)C(F)(F)F)n3)nc(O)c2C1(c1ccc(F)cc1)C1CC1. The minimum absolute atomic E-state index is 0.00333. The van der Waals surface area contributed by atoms with Crippen molar-refractivity contribution in [3.8, 4) is 17.4 Å². The molecule has 4 heterocycles. The molecule has 1 aromatic carbocycles. The number of aromatic nitrogens is 5. The largest absolute Gasteiger partial charge is 0.493 e. The summed E-state index contributed by atoms with van der Waals surface area (Å²) in [6.07, 6.45) is -2.55. The Hall–Kier alpha value is -4.23.